The van der Waals surface area contributed by atoms with Gasteiger partial charge in [-0.05, 0) is 0 Å². The van der Waals surface area contributed by atoms with Crippen molar-refractivity contribution in [1.82, 2.24) is 0 Å². The maximum Gasteiger partial charge on any atom is 0.302 e. The Morgan fingerprint density at radius 1 is 0.769 bits per heavy atom. The summed E-state index contributed by atoms with van der Waals surface area (Å²) in [6.45, 7) is 0. The molecular formula is C11H5N7O8. The summed E-state index contributed by atoms with van der Waals surface area (Å²) in [4.78, 5) is 44.7. The highest BCUT2D eigenvalue weighted by molar-refractivity contribution is 6.21. The fraction of sp³-hybridized carbons (Fsp3) is 0. The van der Waals surface area contributed by atoms with E-state index in [4.69, 9.17) is 5.73 Å². The van der Waals surface area contributed by atoms with E-state index in [2.05, 4.69) is 10.3 Å². The number of guanidine groups is 1. The minimum Gasteiger partial charge on any atom is -0.369 e. The summed E-state index contributed by atoms with van der Waals surface area (Å²) in [6, 6.07) is 1.02. The summed E-state index contributed by atoms with van der Waals surface area (Å²) in [6.07, 6.45) is 0. The lowest BCUT2D eigenvalue weighted by Gasteiger charge is -2.16. The quantitative estimate of drug-likeness (QED) is 0.591. The van der Waals surface area contributed by atoms with Crippen LogP contribution in [-0.4, -0.2) is 25.7 Å². The smallest absolute Gasteiger partial charge is 0.302 e. The van der Waals surface area contributed by atoms with Gasteiger partial charge in [0.25, 0.3) is 17.1 Å². The average Bonchev–Trinajstić information content (AvgIpc) is 2.53. The third-order valence-corrected chi connectivity index (χ3v) is 3.57. The summed E-state index contributed by atoms with van der Waals surface area (Å²) in [5.41, 5.74) is 0.853. The summed E-state index contributed by atoms with van der Waals surface area (Å²) in [5, 5.41) is 46.3. The van der Waals surface area contributed by atoms with Gasteiger partial charge in [0, 0.05) is 0 Å². The number of anilines is 1. The maximum atomic E-state index is 11.3. The molecular weight excluding hydrogens is 358 g/mol. The molecule has 132 valence electrons. The maximum absolute atomic E-state index is 11.3. The third-order valence-electron chi connectivity index (χ3n) is 3.57. The molecule has 1 aliphatic heterocycles. The van der Waals surface area contributed by atoms with Gasteiger partial charge in [0.1, 0.15) is 11.1 Å². The van der Waals surface area contributed by atoms with Crippen molar-refractivity contribution >= 4 is 50.9 Å². The monoisotopic (exact) mass is 363 g/mol. The average molecular weight is 363 g/mol. The largest absolute Gasteiger partial charge is 0.369 e. The number of non-ortho nitro benzene ring substituents is 2. The van der Waals surface area contributed by atoms with E-state index in [1.807, 2.05) is 0 Å². The molecule has 1 heterocycles. The Morgan fingerprint density at radius 2 is 1.23 bits per heavy atom. The Bertz CT molecular complexity index is 1070. The second kappa shape index (κ2) is 5.30. The lowest BCUT2D eigenvalue weighted by Crippen LogP contribution is -2.25. The molecule has 0 aromatic heterocycles. The molecule has 0 amide bonds. The number of hydrogen-bond donors (Lipinski definition) is 2. The molecule has 26 heavy (non-hydrogen) atoms. The molecule has 2 aromatic carbocycles. The number of hydrogen-bond acceptors (Lipinski definition) is 11. The highest BCUT2D eigenvalue weighted by atomic mass is 16.6. The van der Waals surface area contributed by atoms with E-state index in [1.165, 1.54) is 0 Å². The fourth-order valence-electron chi connectivity index (χ4n) is 2.64. The zero-order chi connectivity index (χ0) is 19.3. The molecule has 3 N–H and O–H groups in total. The number of rotatable bonds is 4. The van der Waals surface area contributed by atoms with E-state index in [0.29, 0.717) is 12.1 Å². The van der Waals surface area contributed by atoms with Gasteiger partial charge in [0.05, 0.1) is 37.2 Å². The molecule has 0 unspecified atom stereocenters. The van der Waals surface area contributed by atoms with Crippen molar-refractivity contribution in [2.45, 2.75) is 0 Å². The normalized spacial score (nSPS) is 12.2. The number of nitrogens with two attached hydrogens (primary N) is 1. The van der Waals surface area contributed by atoms with E-state index in [9.17, 15) is 40.5 Å². The van der Waals surface area contributed by atoms with Crippen molar-refractivity contribution in [2.24, 2.45) is 10.7 Å². The molecule has 0 fully saturated rings. The van der Waals surface area contributed by atoms with Crippen molar-refractivity contribution in [3.8, 4) is 0 Å². The first-order valence-corrected chi connectivity index (χ1v) is 6.50. The minimum atomic E-state index is -1.06. The Hall–Kier alpha value is -4.43. The Balaban J connectivity index is 2.71. The van der Waals surface area contributed by atoms with Gasteiger partial charge >= 0.3 is 5.69 Å². The molecule has 1 aliphatic rings. The van der Waals surface area contributed by atoms with Crippen molar-refractivity contribution in [3.05, 3.63) is 52.6 Å². The summed E-state index contributed by atoms with van der Waals surface area (Å²) in [7, 11) is 0. The highest BCUT2D eigenvalue weighted by Gasteiger charge is 2.38. The van der Waals surface area contributed by atoms with Crippen molar-refractivity contribution in [1.29, 1.82) is 0 Å². The zero-order valence-electron chi connectivity index (χ0n) is 12.2. The van der Waals surface area contributed by atoms with Crippen LogP contribution in [0.15, 0.2) is 17.1 Å². The fourth-order valence-corrected chi connectivity index (χ4v) is 2.64. The second-order valence-corrected chi connectivity index (χ2v) is 4.95. The SMILES string of the molecule is NC1=Nc2c([N+](=O)[O-])cc([N+](=O)[O-])c3c([N+](=O)[O-])cc([N+](=O)[O-])c(c23)N1. The summed E-state index contributed by atoms with van der Waals surface area (Å²) >= 11 is 0. The van der Waals surface area contributed by atoms with E-state index >= 15 is 0 Å². The van der Waals surface area contributed by atoms with Gasteiger partial charge in [-0.3, -0.25) is 40.5 Å². The number of aliphatic imine (C=N–C) groups is 1. The van der Waals surface area contributed by atoms with Crippen molar-refractivity contribution in [3.63, 3.8) is 0 Å². The van der Waals surface area contributed by atoms with Crippen LogP contribution >= 0.6 is 0 Å². The van der Waals surface area contributed by atoms with Gasteiger partial charge in [0.15, 0.2) is 11.6 Å². The first-order chi connectivity index (χ1) is 12.1. The van der Waals surface area contributed by atoms with Crippen LogP contribution in [-0.2, 0) is 0 Å². The zero-order valence-corrected chi connectivity index (χ0v) is 12.2. The van der Waals surface area contributed by atoms with Gasteiger partial charge < -0.3 is 11.1 Å². The number of nitrogens with one attached hydrogen (secondary N) is 1. The molecule has 15 heteroatoms. The van der Waals surface area contributed by atoms with E-state index in [0.717, 1.165) is 0 Å². The van der Waals surface area contributed by atoms with E-state index in [1.54, 1.807) is 0 Å². The molecule has 2 aromatic rings. The molecule has 0 bridgehead atoms. The predicted molar refractivity (Wildman–Crippen MR) is 85.5 cm³/mol. The van der Waals surface area contributed by atoms with Crippen LogP contribution in [0.25, 0.3) is 10.8 Å². The number of nitrogens with zero attached hydrogens (tertiary/aromatic N) is 5. The van der Waals surface area contributed by atoms with Crippen LogP contribution in [0.2, 0.25) is 0 Å². The molecule has 0 atom stereocenters. The Morgan fingerprint density at radius 3 is 1.69 bits per heavy atom. The molecule has 0 aliphatic carbocycles. The van der Waals surface area contributed by atoms with Gasteiger partial charge in [-0.2, -0.15) is 0 Å². The first-order valence-electron chi connectivity index (χ1n) is 6.50. The minimum absolute atomic E-state index is 0.451. The molecule has 0 spiro atoms. The van der Waals surface area contributed by atoms with Crippen molar-refractivity contribution < 1.29 is 19.7 Å². The van der Waals surface area contributed by atoms with Gasteiger partial charge in [-0.1, -0.05) is 0 Å². The molecule has 0 saturated heterocycles. The van der Waals surface area contributed by atoms with E-state index < -0.39 is 70.5 Å². The predicted octanol–water partition coefficient (Wildman–Crippen LogP) is 1.84. The Labute approximate surface area is 140 Å². The standard InChI is InChI=1S/C11H5N7O8/c12-11-13-9-5(17(23)24)1-3(15(19)20)7-4(16(21)22)2-6(18(25)26)10(14-11)8(7)9/h1-2H,(H3,12,13,14). The van der Waals surface area contributed by atoms with E-state index in [-0.39, 0.29) is 0 Å². The van der Waals surface area contributed by atoms with Crippen LogP contribution in [0.1, 0.15) is 0 Å². The van der Waals surface area contributed by atoms with Crippen molar-refractivity contribution in [2.75, 3.05) is 5.32 Å². The lowest BCUT2D eigenvalue weighted by molar-refractivity contribution is -0.397. The number of nitro benzene ring substituents is 4. The molecule has 0 saturated carbocycles. The second-order valence-electron chi connectivity index (χ2n) is 4.95. The van der Waals surface area contributed by atoms with Crippen LogP contribution < -0.4 is 11.1 Å². The number of nitro groups is 4. The molecule has 0 radical (unpaired) electrons. The highest BCUT2D eigenvalue weighted by Crippen LogP contribution is 2.52. The summed E-state index contributed by atoms with van der Waals surface area (Å²) in [5.74, 6) is -0.451. The molecule has 15 nitrogen and oxygen atoms in total. The molecule has 3 rings (SSSR count). The van der Waals surface area contributed by atoms with Gasteiger partial charge in [-0.15, -0.1) is 0 Å². The van der Waals surface area contributed by atoms with Gasteiger partial charge in [-0.25, -0.2) is 4.99 Å². The van der Waals surface area contributed by atoms with Crippen LogP contribution in [0.4, 0.5) is 34.1 Å². The van der Waals surface area contributed by atoms with Crippen LogP contribution in [0.5, 0.6) is 0 Å². The third kappa shape index (κ3) is 2.19. The Kier molecular flexibility index (Phi) is 3.35. The first kappa shape index (κ1) is 16.4. The topological polar surface area (TPSA) is 223 Å². The van der Waals surface area contributed by atoms with Crippen LogP contribution in [0.3, 0.4) is 0 Å². The summed E-state index contributed by atoms with van der Waals surface area (Å²) < 4.78 is 0. The lowest BCUT2D eigenvalue weighted by atomic mass is 9.99. The van der Waals surface area contributed by atoms with Gasteiger partial charge in [0.2, 0.25) is 0 Å². The van der Waals surface area contributed by atoms with Crippen LogP contribution in [0, 0.1) is 40.5 Å². The number of benzene rings is 2.